The van der Waals surface area contributed by atoms with Gasteiger partial charge in [0.1, 0.15) is 4.90 Å². The second-order valence-corrected chi connectivity index (χ2v) is 7.86. The molecule has 27 heavy (non-hydrogen) atoms. The summed E-state index contributed by atoms with van der Waals surface area (Å²) in [6, 6.07) is 10.5. The van der Waals surface area contributed by atoms with Crippen LogP contribution in [0.3, 0.4) is 0 Å². The molecular weight excluding hydrogens is 426 g/mol. The van der Waals surface area contributed by atoms with Gasteiger partial charge in [0.2, 0.25) is 0 Å². The first kappa shape index (κ1) is 19.5. The molecule has 5 nitrogen and oxygen atoms in total. The summed E-state index contributed by atoms with van der Waals surface area (Å²) in [6.45, 7) is 0. The van der Waals surface area contributed by atoms with Crippen LogP contribution in [-0.4, -0.2) is 18.2 Å². The van der Waals surface area contributed by atoms with Crippen molar-refractivity contribution in [3.8, 4) is 5.69 Å². The van der Waals surface area contributed by atoms with Crippen LogP contribution in [0.1, 0.15) is 5.69 Å². The summed E-state index contributed by atoms with van der Waals surface area (Å²) in [6.07, 6.45) is -3.38. The van der Waals surface area contributed by atoms with E-state index in [0.717, 1.165) is 16.9 Å². The SMILES string of the molecule is O=S(=O)(Nc1ccc(-n2ccc(C(F)(F)F)n2)cc1)c1cc(Cl)ccc1Cl. The predicted molar refractivity (Wildman–Crippen MR) is 95.8 cm³/mol. The number of hydrogen-bond donors (Lipinski definition) is 1. The highest BCUT2D eigenvalue weighted by Gasteiger charge is 2.33. The molecule has 1 aromatic heterocycles. The van der Waals surface area contributed by atoms with Crippen LogP contribution in [0, 0.1) is 0 Å². The molecule has 11 heteroatoms. The number of benzene rings is 2. The molecule has 3 rings (SSSR count). The number of anilines is 1. The number of halogens is 5. The summed E-state index contributed by atoms with van der Waals surface area (Å²) in [4.78, 5) is -0.192. The highest BCUT2D eigenvalue weighted by atomic mass is 35.5. The highest BCUT2D eigenvalue weighted by Crippen LogP contribution is 2.29. The average Bonchev–Trinajstić information content (AvgIpc) is 3.08. The van der Waals surface area contributed by atoms with Crippen LogP contribution < -0.4 is 4.72 Å². The van der Waals surface area contributed by atoms with E-state index in [1.165, 1.54) is 42.5 Å². The Bertz CT molecular complexity index is 1080. The third-order valence-electron chi connectivity index (χ3n) is 3.45. The topological polar surface area (TPSA) is 64.0 Å². The lowest BCUT2D eigenvalue weighted by molar-refractivity contribution is -0.141. The van der Waals surface area contributed by atoms with Crippen molar-refractivity contribution in [2.75, 3.05) is 4.72 Å². The van der Waals surface area contributed by atoms with E-state index in [9.17, 15) is 21.6 Å². The average molecular weight is 436 g/mol. The van der Waals surface area contributed by atoms with Crippen LogP contribution in [-0.2, 0) is 16.2 Å². The first-order valence-corrected chi connectivity index (χ1v) is 9.51. The third kappa shape index (κ3) is 4.37. The summed E-state index contributed by atoms with van der Waals surface area (Å²) in [5.74, 6) is 0. The predicted octanol–water partition coefficient (Wildman–Crippen LogP) is 5.00. The van der Waals surface area contributed by atoms with Gasteiger partial charge < -0.3 is 0 Å². The van der Waals surface area contributed by atoms with Gasteiger partial charge in [-0.15, -0.1) is 0 Å². The Balaban J connectivity index is 1.83. The molecule has 1 N–H and O–H groups in total. The fourth-order valence-corrected chi connectivity index (χ4v) is 4.02. The highest BCUT2D eigenvalue weighted by molar-refractivity contribution is 7.92. The maximum Gasteiger partial charge on any atom is 0.435 e. The lowest BCUT2D eigenvalue weighted by atomic mass is 10.3. The standard InChI is InChI=1S/C16H10Cl2F3N3O2S/c17-10-1-6-13(18)14(9-10)27(25,26)23-11-2-4-12(5-3-11)24-8-7-15(22-24)16(19,20)21/h1-9,23H. The van der Waals surface area contributed by atoms with Gasteiger partial charge in [0, 0.05) is 16.9 Å². The van der Waals surface area contributed by atoms with E-state index in [2.05, 4.69) is 9.82 Å². The van der Waals surface area contributed by atoms with E-state index in [0.29, 0.717) is 5.69 Å². The number of alkyl halides is 3. The second-order valence-electron chi connectivity index (χ2n) is 5.37. The number of nitrogens with zero attached hydrogens (tertiary/aromatic N) is 2. The fourth-order valence-electron chi connectivity index (χ4n) is 2.19. The van der Waals surface area contributed by atoms with E-state index >= 15 is 0 Å². The van der Waals surface area contributed by atoms with Crippen molar-refractivity contribution in [2.24, 2.45) is 0 Å². The van der Waals surface area contributed by atoms with Gasteiger partial charge in [0.05, 0.1) is 10.7 Å². The van der Waals surface area contributed by atoms with Crippen molar-refractivity contribution in [1.82, 2.24) is 9.78 Å². The Hall–Kier alpha value is -2.23. The number of sulfonamides is 1. The second kappa shape index (κ2) is 7.06. The molecule has 0 bridgehead atoms. The Morgan fingerprint density at radius 3 is 2.26 bits per heavy atom. The summed E-state index contributed by atoms with van der Waals surface area (Å²) in [7, 11) is -4.00. The van der Waals surface area contributed by atoms with Gasteiger partial charge in [0.25, 0.3) is 10.0 Å². The quantitative estimate of drug-likeness (QED) is 0.626. The molecule has 0 aliphatic carbocycles. The molecule has 0 aliphatic heterocycles. The molecule has 0 aliphatic rings. The Labute approximate surface area is 162 Å². The van der Waals surface area contributed by atoms with Gasteiger partial charge in [-0.1, -0.05) is 23.2 Å². The van der Waals surface area contributed by atoms with Crippen molar-refractivity contribution in [2.45, 2.75) is 11.1 Å². The Kier molecular flexibility index (Phi) is 5.11. The zero-order valence-electron chi connectivity index (χ0n) is 13.2. The summed E-state index contributed by atoms with van der Waals surface area (Å²) in [5, 5.41) is 3.65. The number of hydrogen-bond acceptors (Lipinski definition) is 3. The monoisotopic (exact) mass is 435 g/mol. The van der Waals surface area contributed by atoms with Crippen molar-refractivity contribution >= 4 is 38.9 Å². The molecule has 0 amide bonds. The molecule has 0 spiro atoms. The fraction of sp³-hybridized carbons (Fsp3) is 0.0625. The number of aromatic nitrogens is 2. The molecule has 0 atom stereocenters. The van der Waals surface area contributed by atoms with Crippen LogP contribution in [0.4, 0.5) is 18.9 Å². The van der Waals surface area contributed by atoms with E-state index in [1.54, 1.807) is 0 Å². The zero-order chi connectivity index (χ0) is 19.8. The molecule has 0 fully saturated rings. The molecule has 3 aromatic rings. The van der Waals surface area contributed by atoms with Crippen LogP contribution >= 0.6 is 23.2 Å². The molecule has 0 radical (unpaired) electrons. The van der Waals surface area contributed by atoms with Crippen LogP contribution in [0.15, 0.2) is 59.6 Å². The van der Waals surface area contributed by atoms with E-state index in [-0.39, 0.29) is 20.6 Å². The molecule has 0 saturated carbocycles. The molecule has 142 valence electrons. The summed E-state index contributed by atoms with van der Waals surface area (Å²) in [5.41, 5.74) is -0.505. The maximum absolute atomic E-state index is 12.6. The molecular formula is C16H10Cl2F3N3O2S. The van der Waals surface area contributed by atoms with Gasteiger partial charge >= 0.3 is 6.18 Å². The van der Waals surface area contributed by atoms with Crippen LogP contribution in [0.25, 0.3) is 5.69 Å². The normalized spacial score (nSPS) is 12.2. The summed E-state index contributed by atoms with van der Waals surface area (Å²) >= 11 is 11.7. The van der Waals surface area contributed by atoms with E-state index in [4.69, 9.17) is 23.2 Å². The zero-order valence-corrected chi connectivity index (χ0v) is 15.5. The van der Waals surface area contributed by atoms with E-state index < -0.39 is 21.9 Å². The number of rotatable bonds is 4. The van der Waals surface area contributed by atoms with Gasteiger partial charge in [-0.3, -0.25) is 4.72 Å². The Morgan fingerprint density at radius 2 is 1.67 bits per heavy atom. The lowest BCUT2D eigenvalue weighted by Gasteiger charge is -2.10. The number of nitrogens with one attached hydrogen (secondary N) is 1. The largest absolute Gasteiger partial charge is 0.435 e. The lowest BCUT2D eigenvalue weighted by Crippen LogP contribution is -2.13. The van der Waals surface area contributed by atoms with Crippen LogP contribution in [0.5, 0.6) is 0 Å². The molecule has 0 unspecified atom stereocenters. The molecule has 0 saturated heterocycles. The maximum atomic E-state index is 12.6. The minimum atomic E-state index is -4.54. The van der Waals surface area contributed by atoms with Crippen molar-refractivity contribution in [3.63, 3.8) is 0 Å². The van der Waals surface area contributed by atoms with Gasteiger partial charge in [0.15, 0.2) is 5.69 Å². The third-order valence-corrected chi connectivity index (χ3v) is 5.54. The Morgan fingerprint density at radius 1 is 1.00 bits per heavy atom. The summed E-state index contributed by atoms with van der Waals surface area (Å²) < 4.78 is 66.1. The first-order chi connectivity index (χ1) is 12.6. The first-order valence-electron chi connectivity index (χ1n) is 7.27. The van der Waals surface area contributed by atoms with E-state index in [1.807, 2.05) is 0 Å². The minimum absolute atomic E-state index is 0.000239. The van der Waals surface area contributed by atoms with Crippen molar-refractivity contribution in [1.29, 1.82) is 0 Å². The molecule has 1 heterocycles. The van der Waals surface area contributed by atoms with Gasteiger partial charge in [-0.2, -0.15) is 18.3 Å². The van der Waals surface area contributed by atoms with Gasteiger partial charge in [-0.25, -0.2) is 13.1 Å². The van der Waals surface area contributed by atoms with Crippen LogP contribution in [0.2, 0.25) is 10.0 Å². The van der Waals surface area contributed by atoms with Crippen molar-refractivity contribution < 1.29 is 21.6 Å². The smallest absolute Gasteiger partial charge is 0.280 e. The molecule has 2 aromatic carbocycles. The minimum Gasteiger partial charge on any atom is -0.280 e. The van der Waals surface area contributed by atoms with Gasteiger partial charge in [-0.05, 0) is 48.5 Å². The van der Waals surface area contributed by atoms with Crippen molar-refractivity contribution in [3.05, 3.63) is 70.5 Å².